The third kappa shape index (κ3) is 6.78. The highest BCUT2D eigenvalue weighted by Crippen LogP contribution is 2.16. The number of rotatable bonds is 8. The summed E-state index contributed by atoms with van der Waals surface area (Å²) in [5.74, 6) is 2.22. The predicted molar refractivity (Wildman–Crippen MR) is 97.0 cm³/mol. The SMILES string of the molecule is Cc1cc(C)cc(OCCSCC(=O)NCc2ccccc2)c1. The van der Waals surface area contributed by atoms with E-state index in [1.165, 1.54) is 11.1 Å². The van der Waals surface area contributed by atoms with Gasteiger partial charge in [-0.2, -0.15) is 0 Å². The zero-order chi connectivity index (χ0) is 16.5. The van der Waals surface area contributed by atoms with Crippen LogP contribution in [-0.2, 0) is 11.3 Å². The van der Waals surface area contributed by atoms with Crippen LogP contribution in [0.3, 0.4) is 0 Å². The molecule has 1 N–H and O–H groups in total. The molecule has 0 heterocycles. The molecular weight excluding hydrogens is 306 g/mol. The molecule has 2 aromatic carbocycles. The normalized spacial score (nSPS) is 10.3. The summed E-state index contributed by atoms with van der Waals surface area (Å²) in [5, 5.41) is 2.92. The first-order chi connectivity index (χ1) is 11.1. The van der Waals surface area contributed by atoms with Crippen molar-refractivity contribution < 1.29 is 9.53 Å². The van der Waals surface area contributed by atoms with Gasteiger partial charge in [0.05, 0.1) is 12.4 Å². The average molecular weight is 329 g/mol. The first-order valence-corrected chi connectivity index (χ1v) is 8.88. The minimum atomic E-state index is 0.0604. The number of nitrogens with one attached hydrogen (secondary N) is 1. The summed E-state index contributed by atoms with van der Waals surface area (Å²) in [6.45, 7) is 5.32. The fourth-order valence-corrected chi connectivity index (χ4v) is 2.88. The average Bonchev–Trinajstić information content (AvgIpc) is 2.53. The highest BCUT2D eigenvalue weighted by Gasteiger charge is 2.02. The Morgan fingerprint density at radius 2 is 1.78 bits per heavy atom. The molecule has 0 radical (unpaired) electrons. The standard InChI is InChI=1S/C19H23NO2S/c1-15-10-16(2)12-18(11-15)22-8-9-23-14-19(21)20-13-17-6-4-3-5-7-17/h3-7,10-12H,8-9,13-14H2,1-2H3,(H,20,21). The van der Waals surface area contributed by atoms with Gasteiger partial charge in [-0.15, -0.1) is 11.8 Å². The Balaban J connectivity index is 1.59. The summed E-state index contributed by atoms with van der Waals surface area (Å²) in [4.78, 5) is 11.8. The fraction of sp³-hybridized carbons (Fsp3) is 0.316. The van der Waals surface area contributed by atoms with Gasteiger partial charge < -0.3 is 10.1 Å². The molecule has 0 aliphatic heterocycles. The van der Waals surface area contributed by atoms with Gasteiger partial charge in [0.25, 0.3) is 0 Å². The molecule has 0 atom stereocenters. The van der Waals surface area contributed by atoms with Crippen molar-refractivity contribution in [1.29, 1.82) is 0 Å². The van der Waals surface area contributed by atoms with Crippen molar-refractivity contribution in [2.75, 3.05) is 18.1 Å². The first-order valence-electron chi connectivity index (χ1n) is 7.73. The van der Waals surface area contributed by atoms with Gasteiger partial charge in [0.2, 0.25) is 5.91 Å². The van der Waals surface area contributed by atoms with Crippen molar-refractivity contribution >= 4 is 17.7 Å². The highest BCUT2D eigenvalue weighted by atomic mass is 32.2. The second kappa shape index (κ2) is 9.26. The number of aryl methyl sites for hydroxylation is 2. The smallest absolute Gasteiger partial charge is 0.230 e. The number of carbonyl (C=O) groups excluding carboxylic acids is 1. The van der Waals surface area contributed by atoms with E-state index < -0.39 is 0 Å². The molecule has 0 spiro atoms. The van der Waals surface area contributed by atoms with Crippen LogP contribution in [0.1, 0.15) is 16.7 Å². The van der Waals surface area contributed by atoms with Gasteiger partial charge in [0.15, 0.2) is 0 Å². The number of hydrogen-bond acceptors (Lipinski definition) is 3. The Kier molecular flexibility index (Phi) is 7.01. The lowest BCUT2D eigenvalue weighted by molar-refractivity contribution is -0.118. The van der Waals surface area contributed by atoms with E-state index in [0.717, 1.165) is 17.1 Å². The van der Waals surface area contributed by atoms with Crippen LogP contribution in [0.4, 0.5) is 0 Å². The Hall–Kier alpha value is -1.94. The Bertz CT molecular complexity index is 608. The summed E-state index contributed by atoms with van der Waals surface area (Å²) in [5.41, 5.74) is 3.52. The number of benzene rings is 2. The van der Waals surface area contributed by atoms with Gasteiger partial charge in [-0.3, -0.25) is 4.79 Å². The van der Waals surface area contributed by atoms with Gasteiger partial charge in [-0.05, 0) is 42.7 Å². The maximum Gasteiger partial charge on any atom is 0.230 e. The third-order valence-corrected chi connectivity index (χ3v) is 4.18. The van der Waals surface area contributed by atoms with Gasteiger partial charge in [0, 0.05) is 12.3 Å². The van der Waals surface area contributed by atoms with Crippen LogP contribution in [0.5, 0.6) is 5.75 Å². The lowest BCUT2D eigenvalue weighted by Gasteiger charge is -2.08. The predicted octanol–water partition coefficient (Wildman–Crippen LogP) is 3.73. The number of thioether (sulfide) groups is 1. The molecule has 0 aromatic heterocycles. The summed E-state index contributed by atoms with van der Waals surface area (Å²) >= 11 is 1.59. The monoisotopic (exact) mass is 329 g/mol. The van der Waals surface area contributed by atoms with Crippen molar-refractivity contribution in [2.24, 2.45) is 0 Å². The number of carbonyl (C=O) groups is 1. The molecule has 0 unspecified atom stereocenters. The zero-order valence-electron chi connectivity index (χ0n) is 13.7. The molecule has 0 aliphatic carbocycles. The molecule has 0 saturated heterocycles. The molecule has 0 bridgehead atoms. The van der Waals surface area contributed by atoms with Crippen LogP contribution >= 0.6 is 11.8 Å². The molecule has 0 saturated carbocycles. The van der Waals surface area contributed by atoms with E-state index in [0.29, 0.717) is 18.9 Å². The molecule has 23 heavy (non-hydrogen) atoms. The molecule has 122 valence electrons. The van der Waals surface area contributed by atoms with E-state index in [9.17, 15) is 4.79 Å². The number of hydrogen-bond donors (Lipinski definition) is 1. The van der Waals surface area contributed by atoms with Gasteiger partial charge >= 0.3 is 0 Å². The molecule has 2 rings (SSSR count). The van der Waals surface area contributed by atoms with Crippen LogP contribution in [0, 0.1) is 13.8 Å². The van der Waals surface area contributed by atoms with Gasteiger partial charge in [-0.1, -0.05) is 36.4 Å². The van der Waals surface area contributed by atoms with E-state index in [2.05, 4.69) is 25.2 Å². The summed E-state index contributed by atoms with van der Waals surface area (Å²) in [6.07, 6.45) is 0. The lowest BCUT2D eigenvalue weighted by Crippen LogP contribution is -2.24. The van der Waals surface area contributed by atoms with Crippen LogP contribution in [0.15, 0.2) is 48.5 Å². The maximum atomic E-state index is 11.8. The largest absolute Gasteiger partial charge is 0.493 e. The van der Waals surface area contributed by atoms with Crippen molar-refractivity contribution in [3.8, 4) is 5.75 Å². The summed E-state index contributed by atoms with van der Waals surface area (Å²) in [7, 11) is 0. The van der Waals surface area contributed by atoms with Crippen LogP contribution < -0.4 is 10.1 Å². The summed E-state index contributed by atoms with van der Waals surface area (Å²) in [6, 6.07) is 16.1. The topological polar surface area (TPSA) is 38.3 Å². The van der Waals surface area contributed by atoms with E-state index in [1.807, 2.05) is 42.5 Å². The van der Waals surface area contributed by atoms with E-state index in [1.54, 1.807) is 11.8 Å². The van der Waals surface area contributed by atoms with Crippen molar-refractivity contribution in [3.05, 3.63) is 65.2 Å². The minimum absolute atomic E-state index is 0.0604. The molecule has 3 nitrogen and oxygen atoms in total. The molecule has 2 aromatic rings. The molecule has 1 amide bonds. The van der Waals surface area contributed by atoms with Gasteiger partial charge in [-0.25, -0.2) is 0 Å². The van der Waals surface area contributed by atoms with Crippen molar-refractivity contribution in [1.82, 2.24) is 5.32 Å². The summed E-state index contributed by atoms with van der Waals surface area (Å²) < 4.78 is 5.73. The Labute approximate surface area is 142 Å². The molecule has 4 heteroatoms. The van der Waals surface area contributed by atoms with E-state index in [4.69, 9.17) is 4.74 Å². The fourth-order valence-electron chi connectivity index (χ4n) is 2.25. The highest BCUT2D eigenvalue weighted by molar-refractivity contribution is 7.99. The van der Waals surface area contributed by atoms with Crippen LogP contribution in [0.2, 0.25) is 0 Å². The third-order valence-electron chi connectivity index (χ3n) is 3.26. The second-order valence-electron chi connectivity index (χ2n) is 5.49. The number of ether oxygens (including phenoxy) is 1. The van der Waals surface area contributed by atoms with Gasteiger partial charge in [0.1, 0.15) is 5.75 Å². The quantitative estimate of drug-likeness (QED) is 0.750. The maximum absolute atomic E-state index is 11.8. The Morgan fingerprint density at radius 3 is 2.48 bits per heavy atom. The van der Waals surface area contributed by atoms with E-state index >= 15 is 0 Å². The molecule has 0 aliphatic rings. The number of amides is 1. The van der Waals surface area contributed by atoms with E-state index in [-0.39, 0.29) is 5.91 Å². The minimum Gasteiger partial charge on any atom is -0.493 e. The second-order valence-corrected chi connectivity index (χ2v) is 6.59. The Morgan fingerprint density at radius 1 is 1.09 bits per heavy atom. The van der Waals surface area contributed by atoms with Crippen LogP contribution in [-0.4, -0.2) is 24.0 Å². The zero-order valence-corrected chi connectivity index (χ0v) is 14.5. The molecule has 0 fully saturated rings. The first kappa shape index (κ1) is 17.4. The van der Waals surface area contributed by atoms with Crippen molar-refractivity contribution in [2.45, 2.75) is 20.4 Å². The lowest BCUT2D eigenvalue weighted by atomic mass is 10.1. The van der Waals surface area contributed by atoms with Crippen LogP contribution in [0.25, 0.3) is 0 Å². The molecular formula is C19H23NO2S. The van der Waals surface area contributed by atoms with Crippen molar-refractivity contribution in [3.63, 3.8) is 0 Å².